The van der Waals surface area contributed by atoms with Crippen LogP contribution in [0.1, 0.15) is 43.6 Å². The van der Waals surface area contributed by atoms with Crippen molar-refractivity contribution < 1.29 is 19.5 Å². The fraction of sp³-hybridized carbons (Fsp3) is 0.412. The zero-order valence-corrected chi connectivity index (χ0v) is 14.4. The van der Waals surface area contributed by atoms with E-state index in [9.17, 15) is 19.5 Å². The third-order valence-electron chi connectivity index (χ3n) is 3.50. The van der Waals surface area contributed by atoms with E-state index in [1.165, 1.54) is 29.4 Å². The number of carbonyl (C=O) groups excluding carboxylic acids is 2. The van der Waals surface area contributed by atoms with Crippen LogP contribution in [0.15, 0.2) is 36.8 Å². The number of nitrogens with zero attached hydrogens (tertiary/aromatic N) is 2. The van der Waals surface area contributed by atoms with Crippen LogP contribution in [0, 0.1) is 5.41 Å². The van der Waals surface area contributed by atoms with E-state index < -0.39 is 17.9 Å². The maximum atomic E-state index is 12.3. The predicted molar refractivity (Wildman–Crippen MR) is 90.6 cm³/mol. The molecule has 8 heteroatoms. The molecule has 8 nitrogen and oxygen atoms in total. The molecule has 25 heavy (non-hydrogen) atoms. The maximum Gasteiger partial charge on any atom is 0.330 e. The Balaban J connectivity index is 2.08. The van der Waals surface area contributed by atoms with Crippen LogP contribution in [0.25, 0.3) is 0 Å². The molecule has 2 rings (SSSR count). The van der Waals surface area contributed by atoms with Gasteiger partial charge in [0.2, 0.25) is 5.91 Å². The van der Waals surface area contributed by atoms with E-state index in [0.717, 1.165) is 0 Å². The molecule has 1 aliphatic heterocycles. The summed E-state index contributed by atoms with van der Waals surface area (Å²) in [5.41, 5.74) is 0.0341. The van der Waals surface area contributed by atoms with E-state index in [4.69, 9.17) is 0 Å². The van der Waals surface area contributed by atoms with Crippen LogP contribution in [0.5, 0.6) is 0 Å². The summed E-state index contributed by atoms with van der Waals surface area (Å²) in [6.07, 6.45) is 9.57. The number of allylic oxidation sites excluding steroid dienone is 2. The quantitative estimate of drug-likeness (QED) is 0.694. The third-order valence-corrected chi connectivity index (χ3v) is 3.50. The molecule has 1 aliphatic rings. The summed E-state index contributed by atoms with van der Waals surface area (Å²) in [5, 5.41) is 18.4. The van der Waals surface area contributed by atoms with Crippen LogP contribution in [-0.2, 0) is 9.59 Å². The summed E-state index contributed by atoms with van der Waals surface area (Å²) in [6, 6.07) is -1.40. The van der Waals surface area contributed by atoms with Crippen molar-refractivity contribution in [3.05, 3.63) is 42.4 Å². The molecule has 1 aromatic rings. The Kier molecular flexibility index (Phi) is 5.41. The topological polar surface area (TPSA) is 113 Å². The van der Waals surface area contributed by atoms with Crippen molar-refractivity contribution in [2.24, 2.45) is 5.41 Å². The molecule has 0 aliphatic carbocycles. The maximum absolute atomic E-state index is 12.3. The van der Waals surface area contributed by atoms with Crippen LogP contribution in [0.4, 0.5) is 0 Å². The third kappa shape index (κ3) is 5.30. The van der Waals surface area contributed by atoms with Gasteiger partial charge in [-0.25, -0.2) is 4.79 Å². The lowest BCUT2D eigenvalue weighted by atomic mass is 9.95. The number of carboxylic acid groups (broad SMARTS) is 1. The van der Waals surface area contributed by atoms with E-state index in [2.05, 4.69) is 15.7 Å². The van der Waals surface area contributed by atoms with Gasteiger partial charge in [0.05, 0.1) is 24.2 Å². The predicted octanol–water partition coefficient (Wildman–Crippen LogP) is 1.24. The van der Waals surface area contributed by atoms with Gasteiger partial charge in [-0.3, -0.25) is 14.3 Å². The van der Waals surface area contributed by atoms with Gasteiger partial charge >= 0.3 is 5.97 Å². The van der Waals surface area contributed by atoms with Crippen molar-refractivity contribution in [3.8, 4) is 0 Å². The van der Waals surface area contributed by atoms with Crippen molar-refractivity contribution in [1.29, 1.82) is 0 Å². The first-order chi connectivity index (χ1) is 11.7. The molecule has 134 valence electrons. The van der Waals surface area contributed by atoms with Gasteiger partial charge < -0.3 is 15.7 Å². The highest BCUT2D eigenvalue weighted by Crippen LogP contribution is 2.17. The molecule has 0 bridgehead atoms. The molecule has 0 saturated carbocycles. The lowest BCUT2D eigenvalue weighted by molar-refractivity contribution is -0.138. The summed E-state index contributed by atoms with van der Waals surface area (Å²) >= 11 is 0. The monoisotopic (exact) mass is 346 g/mol. The Hall–Kier alpha value is -2.90. The highest BCUT2D eigenvalue weighted by Gasteiger charge is 2.22. The molecule has 2 atom stereocenters. The van der Waals surface area contributed by atoms with Gasteiger partial charge in [0, 0.05) is 12.4 Å². The van der Waals surface area contributed by atoms with Crippen LogP contribution in [0.2, 0.25) is 0 Å². The fourth-order valence-electron chi connectivity index (χ4n) is 2.19. The summed E-state index contributed by atoms with van der Waals surface area (Å²) in [4.78, 5) is 35.0. The molecule has 2 unspecified atom stereocenters. The molecule has 0 aromatic carbocycles. The minimum atomic E-state index is -1.15. The second kappa shape index (κ2) is 7.33. The van der Waals surface area contributed by atoms with Crippen molar-refractivity contribution in [2.75, 3.05) is 0 Å². The number of amides is 2. The van der Waals surface area contributed by atoms with E-state index in [1.54, 1.807) is 12.2 Å². The van der Waals surface area contributed by atoms with Crippen LogP contribution in [-0.4, -0.2) is 38.7 Å². The normalized spacial score (nSPS) is 18.8. The molecule has 0 saturated heterocycles. The van der Waals surface area contributed by atoms with E-state index >= 15 is 0 Å². The first-order valence-corrected chi connectivity index (χ1v) is 7.89. The van der Waals surface area contributed by atoms with E-state index in [-0.39, 0.29) is 29.3 Å². The van der Waals surface area contributed by atoms with Gasteiger partial charge in [-0.1, -0.05) is 32.9 Å². The lowest BCUT2D eigenvalue weighted by Crippen LogP contribution is -2.39. The van der Waals surface area contributed by atoms with Gasteiger partial charge in [-0.05, 0) is 11.5 Å². The number of hydrogen-bond acceptors (Lipinski definition) is 4. The number of aromatic nitrogens is 2. The first kappa shape index (κ1) is 18.4. The molecule has 0 radical (unpaired) electrons. The summed E-state index contributed by atoms with van der Waals surface area (Å²) in [6.45, 7) is 5.80. The Morgan fingerprint density at radius 3 is 2.80 bits per heavy atom. The molecule has 2 heterocycles. The van der Waals surface area contributed by atoms with Gasteiger partial charge in [0.25, 0.3) is 5.91 Å². The smallest absolute Gasteiger partial charge is 0.330 e. The van der Waals surface area contributed by atoms with E-state index in [1.807, 2.05) is 20.8 Å². The highest BCUT2D eigenvalue weighted by atomic mass is 16.4. The molecule has 0 spiro atoms. The van der Waals surface area contributed by atoms with Crippen LogP contribution < -0.4 is 10.6 Å². The average Bonchev–Trinajstić information content (AvgIpc) is 3.00. The van der Waals surface area contributed by atoms with Gasteiger partial charge in [-0.15, -0.1) is 0 Å². The van der Waals surface area contributed by atoms with Gasteiger partial charge in [-0.2, -0.15) is 5.10 Å². The Labute approximate surface area is 145 Å². The average molecular weight is 346 g/mol. The first-order valence-electron chi connectivity index (χ1n) is 7.89. The minimum absolute atomic E-state index is 0.132. The molecule has 2 amide bonds. The number of hydrogen-bond donors (Lipinski definition) is 3. The molecule has 3 N–H and O–H groups in total. The fourth-order valence-corrected chi connectivity index (χ4v) is 2.19. The second-order valence-corrected chi connectivity index (χ2v) is 6.92. The minimum Gasteiger partial charge on any atom is -0.479 e. The van der Waals surface area contributed by atoms with Gasteiger partial charge in [0.15, 0.2) is 0 Å². The molecular weight excluding hydrogens is 324 g/mol. The van der Waals surface area contributed by atoms with Gasteiger partial charge in [0.1, 0.15) is 6.04 Å². The Bertz CT molecular complexity index is 727. The zero-order valence-electron chi connectivity index (χ0n) is 14.4. The number of carboxylic acids is 1. The second-order valence-electron chi connectivity index (χ2n) is 6.92. The highest BCUT2D eigenvalue weighted by molar-refractivity contribution is 5.96. The molecule has 0 fully saturated rings. The summed E-state index contributed by atoms with van der Waals surface area (Å²) < 4.78 is 1.50. The van der Waals surface area contributed by atoms with Crippen LogP contribution >= 0.6 is 0 Å². The molecule has 1 aromatic heterocycles. The molecular formula is C17H22N4O4. The van der Waals surface area contributed by atoms with E-state index in [0.29, 0.717) is 0 Å². The lowest BCUT2D eigenvalue weighted by Gasteiger charge is -2.16. The summed E-state index contributed by atoms with van der Waals surface area (Å²) in [5.74, 6) is -1.82. The number of rotatable bonds is 5. The number of nitrogens with one attached hydrogen (secondary N) is 2. The Morgan fingerprint density at radius 2 is 2.20 bits per heavy atom. The SMILES string of the molecule is CC(C)(C)/C=C/C(NC(=O)c1cnn(C2C=CNC(=O)C2)c1)C(=O)O. The van der Waals surface area contributed by atoms with Crippen LogP contribution in [0.3, 0.4) is 0 Å². The van der Waals surface area contributed by atoms with Crippen molar-refractivity contribution in [3.63, 3.8) is 0 Å². The number of aliphatic carboxylic acids is 1. The standard InChI is InChI=1S/C17H22N4O4/c1-17(2,3)6-4-13(16(24)25)20-15(23)11-9-19-21(10-11)12-5-7-18-14(22)8-12/h4-7,9-10,12-13H,8H2,1-3H3,(H,18,22)(H,20,23)(H,24,25)/b6-4+. The largest absolute Gasteiger partial charge is 0.479 e. The Morgan fingerprint density at radius 1 is 1.48 bits per heavy atom. The van der Waals surface area contributed by atoms with Crippen molar-refractivity contribution in [2.45, 2.75) is 39.3 Å². The summed E-state index contributed by atoms with van der Waals surface area (Å²) in [7, 11) is 0. The van der Waals surface area contributed by atoms with Crippen molar-refractivity contribution in [1.82, 2.24) is 20.4 Å². The zero-order chi connectivity index (χ0) is 18.6. The number of carbonyl (C=O) groups is 3. The van der Waals surface area contributed by atoms with Crippen molar-refractivity contribution >= 4 is 17.8 Å².